The molecule has 4 nitrogen and oxygen atoms in total. The number of hydrogen-bond donors (Lipinski definition) is 1. The number of para-hydroxylation sites is 2. The Morgan fingerprint density at radius 1 is 1.00 bits per heavy atom. The van der Waals surface area contributed by atoms with Gasteiger partial charge in [-0.2, -0.15) is 0 Å². The Morgan fingerprint density at radius 2 is 1.68 bits per heavy atom. The highest BCUT2D eigenvalue weighted by Crippen LogP contribution is 2.16. The third-order valence-electron chi connectivity index (χ3n) is 3.95. The van der Waals surface area contributed by atoms with Crippen molar-refractivity contribution in [3.8, 4) is 0 Å². The molecule has 0 aliphatic carbocycles. The van der Waals surface area contributed by atoms with Crippen molar-refractivity contribution in [1.82, 2.24) is 14.5 Å². The van der Waals surface area contributed by atoms with E-state index in [1.54, 1.807) is 0 Å². The molecule has 0 amide bonds. The first-order valence-electron chi connectivity index (χ1n) is 7.45. The average Bonchev–Trinajstić information content (AvgIpc) is 2.84. The topological polar surface area (TPSA) is 41.3 Å². The van der Waals surface area contributed by atoms with Crippen LogP contribution in [0.3, 0.4) is 0 Å². The van der Waals surface area contributed by atoms with Crippen molar-refractivity contribution in [1.29, 1.82) is 0 Å². The van der Waals surface area contributed by atoms with E-state index >= 15 is 0 Å². The first-order chi connectivity index (χ1) is 10.7. The lowest BCUT2D eigenvalue weighted by Gasteiger charge is -2.16. The van der Waals surface area contributed by atoms with Crippen molar-refractivity contribution in [3.05, 3.63) is 65.5 Å². The van der Waals surface area contributed by atoms with Crippen LogP contribution in [0.15, 0.2) is 48.5 Å². The van der Waals surface area contributed by atoms with Crippen LogP contribution in [0.5, 0.6) is 0 Å². The maximum absolute atomic E-state index is 9.08. The highest BCUT2D eigenvalue weighted by Gasteiger charge is 2.09. The fraction of sp³-hybridized carbons (Fsp3) is 0.278. The highest BCUT2D eigenvalue weighted by atomic mass is 16.3. The maximum Gasteiger partial charge on any atom is 0.123 e. The molecular weight excluding hydrogens is 274 g/mol. The molecule has 0 aliphatic rings. The maximum atomic E-state index is 9.08. The summed E-state index contributed by atoms with van der Waals surface area (Å²) in [6.07, 6.45) is 0. The molecule has 0 atom stereocenters. The summed E-state index contributed by atoms with van der Waals surface area (Å²) >= 11 is 0. The first-order valence-corrected chi connectivity index (χ1v) is 7.45. The fourth-order valence-corrected chi connectivity index (χ4v) is 2.70. The molecule has 0 aliphatic heterocycles. The second-order valence-electron chi connectivity index (χ2n) is 5.72. The summed E-state index contributed by atoms with van der Waals surface area (Å²) in [4.78, 5) is 6.95. The zero-order valence-electron chi connectivity index (χ0n) is 13.0. The Hall–Kier alpha value is -2.17. The van der Waals surface area contributed by atoms with E-state index in [-0.39, 0.29) is 6.61 Å². The summed E-state index contributed by atoms with van der Waals surface area (Å²) in [6.45, 7) is 1.75. The largest absolute Gasteiger partial charge is 0.392 e. The van der Waals surface area contributed by atoms with Gasteiger partial charge >= 0.3 is 0 Å². The van der Waals surface area contributed by atoms with Gasteiger partial charge < -0.3 is 9.67 Å². The predicted molar refractivity (Wildman–Crippen MR) is 88.2 cm³/mol. The van der Waals surface area contributed by atoms with Crippen LogP contribution in [0.2, 0.25) is 0 Å². The number of benzene rings is 2. The molecule has 0 bridgehead atoms. The van der Waals surface area contributed by atoms with Crippen LogP contribution in [-0.2, 0) is 26.7 Å². The van der Waals surface area contributed by atoms with Crippen LogP contribution >= 0.6 is 0 Å². The predicted octanol–water partition coefficient (Wildman–Crippen LogP) is 2.70. The molecule has 114 valence electrons. The Bertz CT molecular complexity index is 762. The van der Waals surface area contributed by atoms with Crippen molar-refractivity contribution in [2.24, 2.45) is 7.05 Å². The number of aliphatic hydroxyl groups is 1. The van der Waals surface area contributed by atoms with Gasteiger partial charge in [0.05, 0.1) is 24.2 Å². The van der Waals surface area contributed by atoms with Gasteiger partial charge in [0.25, 0.3) is 0 Å². The van der Waals surface area contributed by atoms with Crippen molar-refractivity contribution >= 4 is 11.0 Å². The summed E-state index contributed by atoms with van der Waals surface area (Å²) in [5, 5.41) is 9.08. The van der Waals surface area contributed by atoms with E-state index in [1.165, 1.54) is 5.56 Å². The van der Waals surface area contributed by atoms with E-state index in [1.807, 2.05) is 30.3 Å². The Morgan fingerprint density at radius 3 is 2.36 bits per heavy atom. The lowest BCUT2D eigenvalue weighted by Crippen LogP contribution is -2.19. The molecule has 0 radical (unpaired) electrons. The molecule has 0 saturated carbocycles. The SMILES string of the molecule is CN(Cc1ccc(CO)cc1)Cc1nc2ccccc2n1C. The number of hydrogen-bond acceptors (Lipinski definition) is 3. The van der Waals surface area contributed by atoms with Crippen LogP contribution in [-0.4, -0.2) is 26.6 Å². The minimum Gasteiger partial charge on any atom is -0.392 e. The van der Waals surface area contributed by atoms with Crippen LogP contribution in [0, 0.1) is 0 Å². The summed E-state index contributed by atoms with van der Waals surface area (Å²) in [7, 11) is 4.16. The normalized spacial score (nSPS) is 11.5. The Kier molecular flexibility index (Phi) is 4.22. The molecule has 1 aromatic heterocycles. The standard InChI is InChI=1S/C18H21N3O/c1-20(11-14-7-9-15(13-22)10-8-14)12-18-19-16-5-3-4-6-17(16)21(18)2/h3-10,22H,11-13H2,1-2H3. The minimum absolute atomic E-state index is 0.0932. The highest BCUT2D eigenvalue weighted by molar-refractivity contribution is 5.75. The fourth-order valence-electron chi connectivity index (χ4n) is 2.70. The summed E-state index contributed by atoms with van der Waals surface area (Å²) < 4.78 is 2.15. The molecule has 1 N–H and O–H groups in total. The summed E-state index contributed by atoms with van der Waals surface area (Å²) in [5.41, 5.74) is 4.39. The van der Waals surface area contributed by atoms with Crippen LogP contribution in [0.4, 0.5) is 0 Å². The number of fused-ring (bicyclic) bond motifs is 1. The van der Waals surface area contributed by atoms with Gasteiger partial charge in [-0.05, 0) is 30.3 Å². The molecule has 0 saturated heterocycles. The van der Waals surface area contributed by atoms with Crippen molar-refractivity contribution in [2.45, 2.75) is 19.7 Å². The van der Waals surface area contributed by atoms with E-state index in [0.29, 0.717) is 0 Å². The van der Waals surface area contributed by atoms with Crippen molar-refractivity contribution in [3.63, 3.8) is 0 Å². The molecule has 22 heavy (non-hydrogen) atoms. The molecular formula is C18H21N3O. The molecule has 0 unspecified atom stereocenters. The van der Waals surface area contributed by atoms with Gasteiger partial charge in [0.2, 0.25) is 0 Å². The van der Waals surface area contributed by atoms with E-state index in [0.717, 1.165) is 35.5 Å². The van der Waals surface area contributed by atoms with Gasteiger partial charge in [0, 0.05) is 13.6 Å². The second-order valence-corrected chi connectivity index (χ2v) is 5.72. The van der Waals surface area contributed by atoms with Gasteiger partial charge in [0.1, 0.15) is 5.82 Å². The second kappa shape index (κ2) is 6.30. The third kappa shape index (κ3) is 3.03. The number of aliphatic hydroxyl groups excluding tert-OH is 1. The Labute approximate surface area is 130 Å². The molecule has 3 aromatic rings. The molecule has 4 heteroatoms. The average molecular weight is 295 g/mol. The van der Waals surface area contributed by atoms with Gasteiger partial charge in [0.15, 0.2) is 0 Å². The number of aryl methyl sites for hydroxylation is 1. The molecule has 0 fully saturated rings. The van der Waals surface area contributed by atoms with E-state index in [2.05, 4.69) is 41.8 Å². The minimum atomic E-state index is 0.0932. The third-order valence-corrected chi connectivity index (χ3v) is 3.95. The van der Waals surface area contributed by atoms with Crippen LogP contribution in [0.25, 0.3) is 11.0 Å². The summed E-state index contributed by atoms with van der Waals surface area (Å²) in [5.74, 6) is 1.07. The smallest absolute Gasteiger partial charge is 0.123 e. The number of aromatic nitrogens is 2. The van der Waals surface area contributed by atoms with Crippen LogP contribution in [0.1, 0.15) is 17.0 Å². The molecule has 2 aromatic carbocycles. The number of nitrogens with zero attached hydrogens (tertiary/aromatic N) is 3. The van der Waals surface area contributed by atoms with E-state index < -0.39 is 0 Å². The molecule has 1 heterocycles. The quantitative estimate of drug-likeness (QED) is 0.787. The van der Waals surface area contributed by atoms with E-state index in [4.69, 9.17) is 10.1 Å². The van der Waals surface area contributed by atoms with Gasteiger partial charge in [-0.15, -0.1) is 0 Å². The Balaban J connectivity index is 1.72. The van der Waals surface area contributed by atoms with Gasteiger partial charge in [-0.3, -0.25) is 4.90 Å². The zero-order valence-corrected chi connectivity index (χ0v) is 13.0. The van der Waals surface area contributed by atoms with Crippen LogP contribution < -0.4 is 0 Å². The molecule has 0 spiro atoms. The van der Waals surface area contributed by atoms with Gasteiger partial charge in [-0.25, -0.2) is 4.98 Å². The summed E-state index contributed by atoms with van der Waals surface area (Å²) in [6, 6.07) is 16.3. The number of rotatable bonds is 5. The van der Waals surface area contributed by atoms with E-state index in [9.17, 15) is 0 Å². The zero-order chi connectivity index (χ0) is 15.5. The molecule has 3 rings (SSSR count). The first kappa shape index (κ1) is 14.8. The van der Waals surface area contributed by atoms with Gasteiger partial charge in [-0.1, -0.05) is 36.4 Å². The van der Waals surface area contributed by atoms with Crippen molar-refractivity contribution in [2.75, 3.05) is 7.05 Å². The lowest BCUT2D eigenvalue weighted by atomic mass is 10.1. The van der Waals surface area contributed by atoms with Crippen molar-refractivity contribution < 1.29 is 5.11 Å². The lowest BCUT2D eigenvalue weighted by molar-refractivity contribution is 0.281. The number of imidazole rings is 1. The monoisotopic (exact) mass is 295 g/mol.